The fourth-order valence-electron chi connectivity index (χ4n) is 2.18. The third kappa shape index (κ3) is 4.09. The Morgan fingerprint density at radius 2 is 2.07 bits per heavy atom. The van der Waals surface area contributed by atoms with Crippen molar-refractivity contribution >= 4 is 0 Å². The van der Waals surface area contributed by atoms with Gasteiger partial charge in [0.1, 0.15) is 0 Å². The minimum Gasteiger partial charge on any atom is -0.378 e. The van der Waals surface area contributed by atoms with Crippen molar-refractivity contribution in [3.8, 4) is 0 Å². The first-order valence-corrected chi connectivity index (χ1v) is 6.42. The molecule has 2 fully saturated rings. The van der Waals surface area contributed by atoms with E-state index in [4.69, 9.17) is 4.74 Å². The molecule has 1 aliphatic heterocycles. The largest absolute Gasteiger partial charge is 0.378 e. The molecule has 0 bridgehead atoms. The van der Waals surface area contributed by atoms with Crippen LogP contribution in [0.5, 0.6) is 0 Å². The zero-order valence-corrected chi connectivity index (χ0v) is 9.80. The Labute approximate surface area is 93.0 Å². The molecule has 1 aliphatic carbocycles. The predicted molar refractivity (Wildman–Crippen MR) is 62.0 cm³/mol. The van der Waals surface area contributed by atoms with Crippen molar-refractivity contribution in [3.05, 3.63) is 0 Å². The zero-order chi connectivity index (χ0) is 10.5. The first kappa shape index (κ1) is 11.4. The third-order valence-electron chi connectivity index (χ3n) is 3.48. The van der Waals surface area contributed by atoms with Crippen LogP contribution in [0, 0.1) is 5.92 Å². The molecule has 0 aromatic rings. The summed E-state index contributed by atoms with van der Waals surface area (Å²) in [4.78, 5) is 0. The summed E-state index contributed by atoms with van der Waals surface area (Å²) in [7, 11) is 0. The second kappa shape index (κ2) is 5.83. The van der Waals surface area contributed by atoms with Gasteiger partial charge in [0, 0.05) is 12.6 Å². The summed E-state index contributed by atoms with van der Waals surface area (Å²) in [5.41, 5.74) is 0. The number of piperidine rings is 1. The van der Waals surface area contributed by atoms with Crippen LogP contribution in [0.25, 0.3) is 0 Å². The van der Waals surface area contributed by atoms with Crippen LogP contribution in [-0.4, -0.2) is 38.4 Å². The highest BCUT2D eigenvalue weighted by Crippen LogP contribution is 2.28. The summed E-state index contributed by atoms with van der Waals surface area (Å²) in [6.07, 6.45) is 5.42. The van der Waals surface area contributed by atoms with Gasteiger partial charge in [-0.15, -0.1) is 0 Å². The van der Waals surface area contributed by atoms with Crippen molar-refractivity contribution in [1.82, 2.24) is 10.6 Å². The quantitative estimate of drug-likeness (QED) is 0.648. The molecule has 1 heterocycles. The molecule has 2 N–H and O–H groups in total. The van der Waals surface area contributed by atoms with Gasteiger partial charge in [-0.2, -0.15) is 0 Å². The van der Waals surface area contributed by atoms with E-state index in [2.05, 4.69) is 17.6 Å². The fraction of sp³-hybridized carbons (Fsp3) is 1.00. The number of hydrogen-bond acceptors (Lipinski definition) is 3. The second-order valence-electron chi connectivity index (χ2n) is 4.95. The van der Waals surface area contributed by atoms with Gasteiger partial charge in [-0.05, 0) is 51.2 Å². The van der Waals surface area contributed by atoms with Gasteiger partial charge < -0.3 is 15.4 Å². The molecule has 2 rings (SSSR count). The summed E-state index contributed by atoms with van der Waals surface area (Å²) in [5.74, 6) is 0.912. The average Bonchev–Trinajstić information content (AvgIpc) is 2.96. The van der Waals surface area contributed by atoms with Gasteiger partial charge in [-0.3, -0.25) is 0 Å². The third-order valence-corrected chi connectivity index (χ3v) is 3.48. The molecule has 0 aromatic carbocycles. The first-order chi connectivity index (χ1) is 7.36. The van der Waals surface area contributed by atoms with Crippen LogP contribution in [-0.2, 0) is 4.74 Å². The Kier molecular flexibility index (Phi) is 4.42. The molecule has 3 heteroatoms. The maximum atomic E-state index is 5.83. The van der Waals surface area contributed by atoms with Crippen LogP contribution in [0.2, 0.25) is 0 Å². The smallest absolute Gasteiger partial charge is 0.0599 e. The lowest BCUT2D eigenvalue weighted by molar-refractivity contribution is 0.0317. The maximum absolute atomic E-state index is 5.83. The zero-order valence-electron chi connectivity index (χ0n) is 9.80. The number of nitrogens with one attached hydrogen (secondary N) is 2. The molecule has 0 amide bonds. The van der Waals surface area contributed by atoms with Gasteiger partial charge in [-0.1, -0.05) is 6.92 Å². The van der Waals surface area contributed by atoms with E-state index in [9.17, 15) is 0 Å². The van der Waals surface area contributed by atoms with Crippen LogP contribution in [0.4, 0.5) is 0 Å². The molecule has 15 heavy (non-hydrogen) atoms. The summed E-state index contributed by atoms with van der Waals surface area (Å²) in [6.45, 7) is 6.62. The van der Waals surface area contributed by atoms with E-state index in [1.54, 1.807) is 0 Å². The van der Waals surface area contributed by atoms with Crippen LogP contribution < -0.4 is 10.6 Å². The predicted octanol–water partition coefficient (Wildman–Crippen LogP) is 1.14. The Morgan fingerprint density at radius 1 is 1.33 bits per heavy atom. The monoisotopic (exact) mass is 212 g/mol. The van der Waals surface area contributed by atoms with E-state index < -0.39 is 0 Å². The lowest BCUT2D eigenvalue weighted by atomic mass is 10.1. The van der Waals surface area contributed by atoms with E-state index >= 15 is 0 Å². The lowest BCUT2D eigenvalue weighted by Crippen LogP contribution is -2.33. The highest BCUT2D eigenvalue weighted by atomic mass is 16.5. The maximum Gasteiger partial charge on any atom is 0.0599 e. The van der Waals surface area contributed by atoms with Crippen molar-refractivity contribution in [1.29, 1.82) is 0 Å². The molecule has 2 aliphatic rings. The normalized spacial score (nSPS) is 31.8. The standard InChI is InChI=1S/C12H24N2O/c1-10-9-12(10)14-5-2-8-15-11-3-6-13-7-4-11/h10-14H,2-9H2,1H3. The van der Waals surface area contributed by atoms with Crippen LogP contribution >= 0.6 is 0 Å². The fourth-order valence-corrected chi connectivity index (χ4v) is 2.18. The molecule has 88 valence electrons. The topological polar surface area (TPSA) is 33.3 Å². The molecular weight excluding hydrogens is 188 g/mol. The molecule has 0 aromatic heterocycles. The summed E-state index contributed by atoms with van der Waals surface area (Å²) >= 11 is 0. The number of rotatable bonds is 6. The summed E-state index contributed by atoms with van der Waals surface area (Å²) in [5, 5.41) is 6.90. The molecule has 0 spiro atoms. The van der Waals surface area contributed by atoms with E-state index in [-0.39, 0.29) is 0 Å². The Balaban J connectivity index is 1.41. The minimum absolute atomic E-state index is 0.520. The van der Waals surface area contributed by atoms with Gasteiger partial charge in [-0.25, -0.2) is 0 Å². The van der Waals surface area contributed by atoms with Gasteiger partial charge >= 0.3 is 0 Å². The lowest BCUT2D eigenvalue weighted by Gasteiger charge is -2.22. The van der Waals surface area contributed by atoms with Crippen LogP contribution in [0.15, 0.2) is 0 Å². The van der Waals surface area contributed by atoms with Crippen molar-refractivity contribution in [3.63, 3.8) is 0 Å². The van der Waals surface area contributed by atoms with Crippen molar-refractivity contribution < 1.29 is 4.74 Å². The molecule has 1 saturated heterocycles. The van der Waals surface area contributed by atoms with E-state index in [1.165, 1.54) is 19.3 Å². The number of ether oxygens (including phenoxy) is 1. The van der Waals surface area contributed by atoms with Crippen LogP contribution in [0.3, 0.4) is 0 Å². The molecule has 2 atom stereocenters. The van der Waals surface area contributed by atoms with Gasteiger partial charge in [0.2, 0.25) is 0 Å². The summed E-state index contributed by atoms with van der Waals surface area (Å²) in [6, 6.07) is 0.809. The van der Waals surface area contributed by atoms with Gasteiger partial charge in [0.05, 0.1) is 6.10 Å². The number of hydrogen-bond donors (Lipinski definition) is 2. The van der Waals surface area contributed by atoms with Crippen molar-refractivity contribution in [2.45, 2.75) is 44.8 Å². The highest BCUT2D eigenvalue weighted by molar-refractivity contribution is 4.89. The Hall–Kier alpha value is -0.120. The van der Waals surface area contributed by atoms with Gasteiger partial charge in [0.25, 0.3) is 0 Å². The SMILES string of the molecule is CC1CC1NCCCOC1CCNCC1. The Morgan fingerprint density at radius 3 is 2.73 bits per heavy atom. The minimum atomic E-state index is 0.520. The van der Waals surface area contributed by atoms with E-state index in [0.717, 1.165) is 44.6 Å². The van der Waals surface area contributed by atoms with Gasteiger partial charge in [0.15, 0.2) is 0 Å². The van der Waals surface area contributed by atoms with E-state index in [0.29, 0.717) is 6.10 Å². The molecule has 2 unspecified atom stereocenters. The van der Waals surface area contributed by atoms with E-state index in [1.807, 2.05) is 0 Å². The highest BCUT2D eigenvalue weighted by Gasteiger charge is 2.31. The van der Waals surface area contributed by atoms with Crippen LogP contribution in [0.1, 0.15) is 32.6 Å². The first-order valence-electron chi connectivity index (χ1n) is 6.42. The van der Waals surface area contributed by atoms with Crippen molar-refractivity contribution in [2.24, 2.45) is 5.92 Å². The Bertz CT molecular complexity index is 180. The molecule has 3 nitrogen and oxygen atoms in total. The molecular formula is C12H24N2O. The average molecular weight is 212 g/mol. The second-order valence-corrected chi connectivity index (χ2v) is 4.95. The summed E-state index contributed by atoms with van der Waals surface area (Å²) < 4.78 is 5.83. The molecule has 1 saturated carbocycles. The molecule has 0 radical (unpaired) electrons. The van der Waals surface area contributed by atoms with Crippen molar-refractivity contribution in [2.75, 3.05) is 26.2 Å².